The van der Waals surface area contributed by atoms with Crippen LogP contribution in [0.5, 0.6) is 17.2 Å². The van der Waals surface area contributed by atoms with Crippen molar-refractivity contribution in [2.45, 2.75) is 0 Å². The van der Waals surface area contributed by atoms with E-state index in [-0.39, 0.29) is 0 Å². The van der Waals surface area contributed by atoms with Crippen LogP contribution < -0.4 is 19.1 Å². The monoisotopic (exact) mass is 385 g/mol. The second-order valence-electron chi connectivity index (χ2n) is 6.63. The first-order valence-electron chi connectivity index (χ1n) is 9.38. The third kappa shape index (κ3) is 3.83. The summed E-state index contributed by atoms with van der Waals surface area (Å²) in [4.78, 5) is 2.21. The van der Waals surface area contributed by atoms with Gasteiger partial charge in [0.05, 0.1) is 21.3 Å². The number of anilines is 3. The molecule has 29 heavy (non-hydrogen) atoms. The Morgan fingerprint density at radius 1 is 0.448 bits per heavy atom. The van der Waals surface area contributed by atoms with Gasteiger partial charge in [0.25, 0.3) is 0 Å². The van der Waals surface area contributed by atoms with Crippen LogP contribution in [0.1, 0.15) is 0 Å². The van der Waals surface area contributed by atoms with Crippen LogP contribution in [0.2, 0.25) is 0 Å². The molecule has 0 heterocycles. The Kier molecular flexibility index (Phi) is 5.25. The van der Waals surface area contributed by atoms with E-state index in [0.29, 0.717) is 0 Å². The van der Waals surface area contributed by atoms with E-state index < -0.39 is 0 Å². The first-order valence-corrected chi connectivity index (χ1v) is 9.38. The molecule has 0 atom stereocenters. The lowest BCUT2D eigenvalue weighted by Crippen LogP contribution is -2.09. The molecule has 0 bridgehead atoms. The molecule has 4 nitrogen and oxygen atoms in total. The smallest absolute Gasteiger partial charge is 0.119 e. The lowest BCUT2D eigenvalue weighted by atomic mass is 10.1. The Labute approximate surface area is 170 Å². The van der Waals surface area contributed by atoms with Crippen molar-refractivity contribution in [3.63, 3.8) is 0 Å². The highest BCUT2D eigenvalue weighted by Gasteiger charge is 2.13. The third-order valence-corrected chi connectivity index (χ3v) is 4.95. The van der Waals surface area contributed by atoms with E-state index in [1.165, 1.54) is 0 Å². The molecule has 0 N–H and O–H groups in total. The van der Waals surface area contributed by atoms with Gasteiger partial charge in [-0.05, 0) is 83.6 Å². The summed E-state index contributed by atoms with van der Waals surface area (Å²) in [5.41, 5.74) is 3.16. The van der Waals surface area contributed by atoms with E-state index in [0.717, 1.165) is 45.1 Å². The molecule has 0 amide bonds. The van der Waals surface area contributed by atoms with Gasteiger partial charge in [-0.25, -0.2) is 0 Å². The van der Waals surface area contributed by atoms with Crippen molar-refractivity contribution >= 4 is 27.8 Å². The van der Waals surface area contributed by atoms with Gasteiger partial charge in [-0.3, -0.25) is 0 Å². The zero-order valence-electron chi connectivity index (χ0n) is 16.8. The van der Waals surface area contributed by atoms with Crippen molar-refractivity contribution < 1.29 is 14.2 Å². The van der Waals surface area contributed by atoms with Gasteiger partial charge < -0.3 is 19.1 Å². The number of ether oxygens (including phenoxy) is 3. The predicted molar refractivity (Wildman–Crippen MR) is 118 cm³/mol. The van der Waals surface area contributed by atoms with Crippen molar-refractivity contribution in [2.75, 3.05) is 26.2 Å². The average Bonchev–Trinajstić information content (AvgIpc) is 2.79. The van der Waals surface area contributed by atoms with E-state index in [9.17, 15) is 0 Å². The van der Waals surface area contributed by atoms with Gasteiger partial charge in [-0.15, -0.1) is 0 Å². The van der Waals surface area contributed by atoms with Crippen molar-refractivity contribution in [1.82, 2.24) is 0 Å². The summed E-state index contributed by atoms with van der Waals surface area (Å²) in [6.45, 7) is 0. The van der Waals surface area contributed by atoms with Gasteiger partial charge in [0.2, 0.25) is 0 Å². The second kappa shape index (κ2) is 8.15. The first-order chi connectivity index (χ1) is 14.2. The highest BCUT2D eigenvalue weighted by atomic mass is 16.5. The molecule has 0 aromatic heterocycles. The van der Waals surface area contributed by atoms with Gasteiger partial charge >= 0.3 is 0 Å². The normalized spacial score (nSPS) is 10.6. The molecule has 0 fully saturated rings. The fraction of sp³-hybridized carbons (Fsp3) is 0.120. The molecule has 0 radical (unpaired) electrons. The van der Waals surface area contributed by atoms with E-state index in [4.69, 9.17) is 14.2 Å². The number of fused-ring (bicyclic) bond motifs is 1. The van der Waals surface area contributed by atoms with Crippen molar-refractivity contribution in [3.05, 3.63) is 84.9 Å². The Morgan fingerprint density at radius 2 is 0.862 bits per heavy atom. The first kappa shape index (κ1) is 18.7. The average molecular weight is 385 g/mol. The van der Waals surface area contributed by atoms with Gasteiger partial charge in [0, 0.05) is 17.1 Å². The molecular formula is C25H23NO3. The number of benzene rings is 4. The molecule has 4 heteroatoms. The lowest BCUT2D eigenvalue weighted by molar-refractivity contribution is 0.415. The molecule has 4 aromatic rings. The van der Waals surface area contributed by atoms with Gasteiger partial charge in [-0.1, -0.05) is 12.1 Å². The fourth-order valence-corrected chi connectivity index (χ4v) is 3.39. The maximum Gasteiger partial charge on any atom is 0.119 e. The summed E-state index contributed by atoms with van der Waals surface area (Å²) < 4.78 is 16.0. The predicted octanol–water partition coefficient (Wildman–Crippen LogP) is 6.34. The molecule has 0 saturated carbocycles. The third-order valence-electron chi connectivity index (χ3n) is 4.95. The summed E-state index contributed by atoms with van der Waals surface area (Å²) in [6, 6.07) is 28.6. The maximum atomic E-state index is 5.35. The number of hydrogen-bond donors (Lipinski definition) is 0. The Morgan fingerprint density at radius 3 is 1.38 bits per heavy atom. The number of hydrogen-bond acceptors (Lipinski definition) is 4. The van der Waals surface area contributed by atoms with Crippen LogP contribution in [0.4, 0.5) is 17.1 Å². The van der Waals surface area contributed by atoms with Crippen molar-refractivity contribution in [1.29, 1.82) is 0 Å². The zero-order valence-corrected chi connectivity index (χ0v) is 16.8. The van der Waals surface area contributed by atoms with E-state index >= 15 is 0 Å². The molecule has 0 aliphatic rings. The Balaban J connectivity index is 1.82. The molecule has 0 aliphatic heterocycles. The van der Waals surface area contributed by atoms with Crippen LogP contribution in [-0.4, -0.2) is 21.3 Å². The minimum atomic E-state index is 0.828. The lowest BCUT2D eigenvalue weighted by Gasteiger charge is -2.26. The zero-order chi connectivity index (χ0) is 20.2. The van der Waals surface area contributed by atoms with E-state index in [1.54, 1.807) is 21.3 Å². The van der Waals surface area contributed by atoms with E-state index in [1.807, 2.05) is 36.4 Å². The van der Waals surface area contributed by atoms with E-state index in [2.05, 4.69) is 53.4 Å². The van der Waals surface area contributed by atoms with Crippen LogP contribution in [-0.2, 0) is 0 Å². The molecule has 4 aromatic carbocycles. The summed E-state index contributed by atoms with van der Waals surface area (Å²) in [5.74, 6) is 2.51. The Hall–Kier alpha value is -3.66. The molecule has 4 rings (SSSR count). The Bertz CT molecular complexity index is 1060. The molecule has 146 valence electrons. The van der Waals surface area contributed by atoms with Crippen LogP contribution in [0.25, 0.3) is 10.8 Å². The summed E-state index contributed by atoms with van der Waals surface area (Å²) >= 11 is 0. The van der Waals surface area contributed by atoms with Gasteiger partial charge in [0.15, 0.2) is 0 Å². The summed E-state index contributed by atoms with van der Waals surface area (Å²) in [6.07, 6.45) is 0. The standard InChI is InChI=1S/C25H23NO3/c1-27-23-12-7-20(8-13-23)26(21-9-14-24(28-2)15-10-21)22-6-4-19-17-25(29-3)11-5-18(19)16-22/h4-17H,1-3H3. The maximum absolute atomic E-state index is 5.35. The fourth-order valence-electron chi connectivity index (χ4n) is 3.39. The van der Waals surface area contributed by atoms with Crippen LogP contribution in [0, 0.1) is 0 Å². The molecule has 0 saturated heterocycles. The number of nitrogens with zero attached hydrogens (tertiary/aromatic N) is 1. The topological polar surface area (TPSA) is 30.9 Å². The molecular weight excluding hydrogens is 362 g/mol. The number of methoxy groups -OCH3 is 3. The van der Waals surface area contributed by atoms with Crippen molar-refractivity contribution in [3.8, 4) is 17.2 Å². The second-order valence-corrected chi connectivity index (χ2v) is 6.63. The van der Waals surface area contributed by atoms with Gasteiger partial charge in [-0.2, -0.15) is 0 Å². The minimum absolute atomic E-state index is 0.828. The quantitative estimate of drug-likeness (QED) is 0.388. The molecule has 0 spiro atoms. The van der Waals surface area contributed by atoms with Gasteiger partial charge in [0.1, 0.15) is 17.2 Å². The highest BCUT2D eigenvalue weighted by Crippen LogP contribution is 2.37. The van der Waals surface area contributed by atoms with Crippen LogP contribution in [0.3, 0.4) is 0 Å². The van der Waals surface area contributed by atoms with Crippen LogP contribution >= 0.6 is 0 Å². The minimum Gasteiger partial charge on any atom is -0.497 e. The SMILES string of the molecule is COc1ccc(N(c2ccc(OC)cc2)c2ccc3cc(OC)ccc3c2)cc1. The summed E-state index contributed by atoms with van der Waals surface area (Å²) in [5, 5.41) is 2.29. The van der Waals surface area contributed by atoms with Crippen LogP contribution in [0.15, 0.2) is 84.9 Å². The summed E-state index contributed by atoms with van der Waals surface area (Å²) in [7, 11) is 5.03. The molecule has 0 aliphatic carbocycles. The largest absolute Gasteiger partial charge is 0.497 e. The molecule has 0 unspecified atom stereocenters. The van der Waals surface area contributed by atoms with Crippen molar-refractivity contribution in [2.24, 2.45) is 0 Å². The number of rotatable bonds is 6. The highest BCUT2D eigenvalue weighted by molar-refractivity contribution is 5.90.